The SMILES string of the molecule is C[C@H]1CCC(c2ccc3sc(C4CCN(C)CC4)nc3c2)=NC1. The van der Waals surface area contributed by atoms with Crippen LogP contribution in [0.1, 0.15) is 49.1 Å². The van der Waals surface area contributed by atoms with Gasteiger partial charge in [0.1, 0.15) is 0 Å². The zero-order chi connectivity index (χ0) is 15.8. The van der Waals surface area contributed by atoms with E-state index in [1.807, 2.05) is 11.3 Å². The quantitative estimate of drug-likeness (QED) is 0.821. The molecule has 3 nitrogen and oxygen atoms in total. The Labute approximate surface area is 142 Å². The average molecular weight is 327 g/mol. The van der Waals surface area contributed by atoms with Crippen molar-refractivity contribution in [2.24, 2.45) is 10.9 Å². The molecule has 4 rings (SSSR count). The predicted molar refractivity (Wildman–Crippen MR) is 98.9 cm³/mol. The molecule has 3 heterocycles. The van der Waals surface area contributed by atoms with Crippen molar-refractivity contribution in [3.8, 4) is 0 Å². The molecular weight excluding hydrogens is 302 g/mol. The molecule has 1 fully saturated rings. The van der Waals surface area contributed by atoms with E-state index in [4.69, 9.17) is 9.98 Å². The number of aromatic nitrogens is 1. The Morgan fingerprint density at radius 2 is 2.00 bits per heavy atom. The van der Waals surface area contributed by atoms with E-state index in [0.29, 0.717) is 5.92 Å². The van der Waals surface area contributed by atoms with E-state index in [2.05, 4.69) is 37.1 Å². The van der Waals surface area contributed by atoms with Gasteiger partial charge in [-0.15, -0.1) is 11.3 Å². The summed E-state index contributed by atoms with van der Waals surface area (Å²) in [5.41, 5.74) is 3.73. The van der Waals surface area contributed by atoms with Gasteiger partial charge in [-0.1, -0.05) is 13.0 Å². The van der Waals surface area contributed by atoms with Crippen molar-refractivity contribution in [3.63, 3.8) is 0 Å². The molecule has 0 amide bonds. The normalized spacial score (nSPS) is 24.1. The number of piperidine rings is 1. The Morgan fingerprint density at radius 3 is 2.74 bits per heavy atom. The Bertz CT molecular complexity index is 725. The molecule has 2 aliphatic rings. The molecule has 0 N–H and O–H groups in total. The molecule has 0 spiro atoms. The zero-order valence-electron chi connectivity index (χ0n) is 14.1. The van der Waals surface area contributed by atoms with Crippen molar-refractivity contribution in [2.75, 3.05) is 26.7 Å². The van der Waals surface area contributed by atoms with Gasteiger partial charge in [-0.25, -0.2) is 4.98 Å². The summed E-state index contributed by atoms with van der Waals surface area (Å²) in [6.07, 6.45) is 4.86. The van der Waals surface area contributed by atoms with Crippen LogP contribution in [0.4, 0.5) is 0 Å². The van der Waals surface area contributed by atoms with Gasteiger partial charge in [-0.2, -0.15) is 0 Å². The number of fused-ring (bicyclic) bond motifs is 1. The third-order valence-corrected chi connectivity index (χ3v) is 6.47. The van der Waals surface area contributed by atoms with Gasteiger partial charge in [0.05, 0.1) is 15.2 Å². The third kappa shape index (κ3) is 3.20. The van der Waals surface area contributed by atoms with E-state index in [-0.39, 0.29) is 0 Å². The molecule has 2 aliphatic heterocycles. The molecule has 122 valence electrons. The van der Waals surface area contributed by atoms with Crippen LogP contribution < -0.4 is 0 Å². The number of likely N-dealkylation sites (tertiary alicyclic amines) is 1. The van der Waals surface area contributed by atoms with Crippen LogP contribution >= 0.6 is 11.3 Å². The van der Waals surface area contributed by atoms with Crippen molar-refractivity contribution in [2.45, 2.75) is 38.5 Å². The van der Waals surface area contributed by atoms with Crippen LogP contribution in [0, 0.1) is 5.92 Å². The van der Waals surface area contributed by atoms with Crippen LogP contribution in [0.3, 0.4) is 0 Å². The van der Waals surface area contributed by atoms with Crippen molar-refractivity contribution in [1.29, 1.82) is 0 Å². The lowest BCUT2D eigenvalue weighted by Crippen LogP contribution is -2.29. The topological polar surface area (TPSA) is 28.5 Å². The first-order valence-corrected chi connectivity index (χ1v) is 9.63. The maximum atomic E-state index is 4.98. The zero-order valence-corrected chi connectivity index (χ0v) is 14.9. The molecule has 0 unspecified atom stereocenters. The van der Waals surface area contributed by atoms with Crippen molar-refractivity contribution in [1.82, 2.24) is 9.88 Å². The lowest BCUT2D eigenvalue weighted by Gasteiger charge is -2.27. The van der Waals surface area contributed by atoms with Crippen molar-refractivity contribution >= 4 is 27.3 Å². The fourth-order valence-electron chi connectivity index (χ4n) is 3.61. The Balaban J connectivity index is 1.60. The van der Waals surface area contributed by atoms with Gasteiger partial charge in [0.15, 0.2) is 0 Å². The first-order valence-electron chi connectivity index (χ1n) is 8.82. The third-order valence-electron chi connectivity index (χ3n) is 5.27. The number of nitrogens with zero attached hydrogens (tertiary/aromatic N) is 3. The molecule has 0 aliphatic carbocycles. The number of benzene rings is 1. The van der Waals surface area contributed by atoms with Crippen molar-refractivity contribution in [3.05, 3.63) is 28.8 Å². The van der Waals surface area contributed by atoms with E-state index in [1.165, 1.54) is 58.9 Å². The Kier molecular flexibility index (Phi) is 4.20. The average Bonchev–Trinajstić information content (AvgIpc) is 2.99. The molecule has 23 heavy (non-hydrogen) atoms. The fraction of sp³-hybridized carbons (Fsp3) is 0.579. The molecule has 1 saturated heterocycles. The van der Waals surface area contributed by atoms with Crippen LogP contribution in [-0.4, -0.2) is 42.3 Å². The molecule has 1 aromatic heterocycles. The first kappa shape index (κ1) is 15.3. The highest BCUT2D eigenvalue weighted by molar-refractivity contribution is 7.18. The van der Waals surface area contributed by atoms with Gasteiger partial charge in [-0.05, 0) is 69.4 Å². The van der Waals surface area contributed by atoms with Crippen LogP contribution in [0.15, 0.2) is 23.2 Å². The summed E-state index contributed by atoms with van der Waals surface area (Å²) < 4.78 is 1.33. The van der Waals surface area contributed by atoms with E-state index in [0.717, 1.165) is 18.9 Å². The summed E-state index contributed by atoms with van der Waals surface area (Å²) in [5, 5.41) is 1.34. The van der Waals surface area contributed by atoms with Crippen LogP contribution in [0.5, 0.6) is 0 Å². The molecular formula is C19H25N3S. The number of hydrogen-bond acceptors (Lipinski definition) is 4. The van der Waals surface area contributed by atoms with Crippen LogP contribution in [0.2, 0.25) is 0 Å². The predicted octanol–water partition coefficient (Wildman–Crippen LogP) is 4.32. The van der Waals surface area contributed by atoms with Gasteiger partial charge >= 0.3 is 0 Å². The molecule has 4 heteroatoms. The highest BCUT2D eigenvalue weighted by Crippen LogP contribution is 2.34. The lowest BCUT2D eigenvalue weighted by atomic mass is 9.96. The summed E-state index contributed by atoms with van der Waals surface area (Å²) in [5.74, 6) is 1.39. The van der Waals surface area contributed by atoms with E-state index in [9.17, 15) is 0 Å². The molecule has 0 bridgehead atoms. The maximum absolute atomic E-state index is 4.98. The first-order chi connectivity index (χ1) is 11.2. The minimum absolute atomic E-state index is 0.653. The van der Waals surface area contributed by atoms with Crippen LogP contribution in [0.25, 0.3) is 10.2 Å². The van der Waals surface area contributed by atoms with Gasteiger partial charge < -0.3 is 4.90 Å². The smallest absolute Gasteiger partial charge is 0.0970 e. The fourth-order valence-corrected chi connectivity index (χ4v) is 4.73. The van der Waals surface area contributed by atoms with Crippen LogP contribution in [-0.2, 0) is 0 Å². The number of aliphatic imine (C=N–C) groups is 1. The summed E-state index contributed by atoms with van der Waals surface area (Å²) in [6, 6.07) is 6.76. The Hall–Kier alpha value is -1.26. The molecule has 1 aromatic carbocycles. The second-order valence-electron chi connectivity index (χ2n) is 7.24. The highest BCUT2D eigenvalue weighted by Gasteiger charge is 2.22. The molecule has 1 atom stereocenters. The number of rotatable bonds is 2. The minimum atomic E-state index is 0.653. The number of thiazole rings is 1. The van der Waals surface area contributed by atoms with Gasteiger partial charge in [0, 0.05) is 18.2 Å². The minimum Gasteiger partial charge on any atom is -0.306 e. The lowest BCUT2D eigenvalue weighted by molar-refractivity contribution is 0.255. The highest BCUT2D eigenvalue weighted by atomic mass is 32.1. The standard InChI is InChI=1S/C19H25N3S/c1-13-3-5-16(20-12-13)15-4-6-18-17(11-15)21-19(23-18)14-7-9-22(2)10-8-14/h4,6,11,13-14H,3,5,7-10,12H2,1-2H3/t13-/m0/s1. The van der Waals surface area contributed by atoms with E-state index in [1.54, 1.807) is 0 Å². The largest absolute Gasteiger partial charge is 0.306 e. The molecule has 0 saturated carbocycles. The number of hydrogen-bond donors (Lipinski definition) is 0. The molecule has 0 radical (unpaired) electrons. The maximum Gasteiger partial charge on any atom is 0.0970 e. The van der Waals surface area contributed by atoms with Gasteiger partial charge in [-0.3, -0.25) is 4.99 Å². The van der Waals surface area contributed by atoms with Gasteiger partial charge in [0.25, 0.3) is 0 Å². The summed E-state index contributed by atoms with van der Waals surface area (Å²) in [7, 11) is 2.21. The summed E-state index contributed by atoms with van der Waals surface area (Å²) in [4.78, 5) is 12.2. The van der Waals surface area contributed by atoms with E-state index >= 15 is 0 Å². The monoisotopic (exact) mass is 327 g/mol. The Morgan fingerprint density at radius 1 is 1.17 bits per heavy atom. The van der Waals surface area contributed by atoms with Crippen molar-refractivity contribution < 1.29 is 0 Å². The second-order valence-corrected chi connectivity index (χ2v) is 8.31. The second kappa shape index (κ2) is 6.33. The molecule has 2 aromatic rings. The summed E-state index contributed by atoms with van der Waals surface area (Å²) >= 11 is 1.89. The van der Waals surface area contributed by atoms with E-state index < -0.39 is 0 Å². The van der Waals surface area contributed by atoms with Gasteiger partial charge in [0.2, 0.25) is 0 Å². The summed E-state index contributed by atoms with van der Waals surface area (Å²) in [6.45, 7) is 5.66.